The van der Waals surface area contributed by atoms with E-state index in [4.69, 9.17) is 5.73 Å². The Balaban J connectivity index is 2.03. The fourth-order valence-electron chi connectivity index (χ4n) is 1.34. The molecule has 0 unspecified atom stereocenters. The minimum Gasteiger partial charge on any atom is -0.367 e. The number of nitrogens with two attached hydrogens (primary N) is 1. The lowest BCUT2D eigenvalue weighted by Gasteiger charge is -2.24. The highest BCUT2D eigenvalue weighted by Crippen LogP contribution is 2.24. The zero-order chi connectivity index (χ0) is 11.6. The Morgan fingerprint density at radius 1 is 1.38 bits per heavy atom. The van der Waals surface area contributed by atoms with E-state index in [0.29, 0.717) is 12.6 Å². The van der Waals surface area contributed by atoms with Crippen LogP contribution >= 0.6 is 0 Å². The van der Waals surface area contributed by atoms with Gasteiger partial charge in [-0.1, -0.05) is 0 Å². The second kappa shape index (κ2) is 4.25. The molecular weight excluding hydrogens is 202 g/mol. The number of nitrogens with zero attached hydrogens (tertiary/aromatic N) is 2. The van der Waals surface area contributed by atoms with Crippen molar-refractivity contribution < 1.29 is 0 Å². The summed E-state index contributed by atoms with van der Waals surface area (Å²) in [6.07, 6.45) is 4.04. The molecular formula is C11H19N5. The summed E-state index contributed by atoms with van der Waals surface area (Å²) in [6.45, 7) is 4.65. The summed E-state index contributed by atoms with van der Waals surface area (Å²) in [7, 11) is 0. The number of hydrogen-bond donors (Lipinski definition) is 3. The maximum Gasteiger partial charge on any atom is 0.131 e. The Morgan fingerprint density at radius 3 is 2.69 bits per heavy atom. The maximum atomic E-state index is 5.66. The highest BCUT2D eigenvalue weighted by atomic mass is 15.1. The molecule has 1 heterocycles. The molecule has 1 aromatic heterocycles. The Hall–Kier alpha value is -1.36. The molecule has 1 aromatic rings. The van der Waals surface area contributed by atoms with E-state index in [1.165, 1.54) is 12.8 Å². The van der Waals surface area contributed by atoms with E-state index >= 15 is 0 Å². The highest BCUT2D eigenvalue weighted by molar-refractivity contribution is 5.48. The molecule has 0 aliphatic heterocycles. The van der Waals surface area contributed by atoms with Gasteiger partial charge in [-0.15, -0.1) is 0 Å². The topological polar surface area (TPSA) is 75.9 Å². The molecule has 16 heavy (non-hydrogen) atoms. The second-order valence-corrected chi connectivity index (χ2v) is 4.92. The lowest BCUT2D eigenvalue weighted by atomic mass is 10.1. The first-order valence-corrected chi connectivity index (χ1v) is 5.66. The van der Waals surface area contributed by atoms with Crippen molar-refractivity contribution in [3.05, 3.63) is 12.4 Å². The van der Waals surface area contributed by atoms with E-state index < -0.39 is 0 Å². The van der Waals surface area contributed by atoms with Gasteiger partial charge in [-0.3, -0.25) is 0 Å². The van der Waals surface area contributed by atoms with Gasteiger partial charge in [0.05, 0.1) is 0 Å². The summed E-state index contributed by atoms with van der Waals surface area (Å²) in [6, 6.07) is 2.53. The summed E-state index contributed by atoms with van der Waals surface area (Å²) in [5.74, 6) is 1.70. The molecule has 1 aliphatic rings. The van der Waals surface area contributed by atoms with Gasteiger partial charge in [0.15, 0.2) is 0 Å². The molecule has 88 valence electrons. The van der Waals surface area contributed by atoms with Crippen LogP contribution in [-0.4, -0.2) is 28.1 Å². The van der Waals surface area contributed by atoms with Gasteiger partial charge in [-0.05, 0) is 26.7 Å². The van der Waals surface area contributed by atoms with Crippen molar-refractivity contribution in [3.63, 3.8) is 0 Å². The summed E-state index contributed by atoms with van der Waals surface area (Å²) in [5.41, 5.74) is 5.51. The molecule has 0 saturated heterocycles. The lowest BCUT2D eigenvalue weighted by Crippen LogP contribution is -2.39. The third kappa shape index (κ3) is 3.06. The van der Waals surface area contributed by atoms with Crippen LogP contribution in [-0.2, 0) is 0 Å². The number of aromatic nitrogens is 2. The van der Waals surface area contributed by atoms with E-state index in [2.05, 4.69) is 20.6 Å². The van der Waals surface area contributed by atoms with Crippen LogP contribution in [0.15, 0.2) is 12.4 Å². The normalized spacial score (nSPS) is 15.9. The standard InChI is InChI=1S/C11H19N5/c1-11(2,6-12)16-10-5-9(13-7-14-10)15-8-3-4-8/h5,7-8H,3-4,6,12H2,1-2H3,(H2,13,14,15,16). The van der Waals surface area contributed by atoms with Crippen LogP contribution in [0.5, 0.6) is 0 Å². The number of rotatable bonds is 5. The Labute approximate surface area is 95.9 Å². The van der Waals surface area contributed by atoms with Crippen LogP contribution in [0, 0.1) is 0 Å². The van der Waals surface area contributed by atoms with Crippen LogP contribution in [0.4, 0.5) is 11.6 Å². The van der Waals surface area contributed by atoms with E-state index in [1.54, 1.807) is 6.33 Å². The maximum absolute atomic E-state index is 5.66. The second-order valence-electron chi connectivity index (χ2n) is 4.92. The first kappa shape index (κ1) is 11.1. The van der Waals surface area contributed by atoms with Crippen molar-refractivity contribution in [3.8, 4) is 0 Å². The highest BCUT2D eigenvalue weighted by Gasteiger charge is 2.22. The van der Waals surface area contributed by atoms with Gasteiger partial charge in [-0.25, -0.2) is 9.97 Å². The average molecular weight is 221 g/mol. The van der Waals surface area contributed by atoms with Gasteiger partial charge < -0.3 is 16.4 Å². The molecule has 2 rings (SSSR count). The molecule has 0 atom stereocenters. The predicted octanol–water partition coefficient (Wildman–Crippen LogP) is 1.20. The van der Waals surface area contributed by atoms with Crippen LogP contribution in [0.1, 0.15) is 26.7 Å². The Morgan fingerprint density at radius 2 is 2.06 bits per heavy atom. The third-order valence-corrected chi connectivity index (χ3v) is 2.57. The summed E-state index contributed by atoms with van der Waals surface area (Å²) in [4.78, 5) is 8.36. The third-order valence-electron chi connectivity index (χ3n) is 2.57. The fraction of sp³-hybridized carbons (Fsp3) is 0.636. The smallest absolute Gasteiger partial charge is 0.131 e. The molecule has 0 aromatic carbocycles. The molecule has 4 N–H and O–H groups in total. The summed E-state index contributed by atoms with van der Waals surface area (Å²) >= 11 is 0. The predicted molar refractivity (Wildman–Crippen MR) is 65.4 cm³/mol. The molecule has 0 radical (unpaired) electrons. The minimum absolute atomic E-state index is 0.148. The minimum atomic E-state index is -0.148. The van der Waals surface area contributed by atoms with E-state index in [-0.39, 0.29) is 5.54 Å². The summed E-state index contributed by atoms with van der Waals surface area (Å²) < 4.78 is 0. The number of hydrogen-bond acceptors (Lipinski definition) is 5. The average Bonchev–Trinajstić information content (AvgIpc) is 3.02. The van der Waals surface area contributed by atoms with Gasteiger partial charge in [-0.2, -0.15) is 0 Å². The zero-order valence-corrected chi connectivity index (χ0v) is 9.83. The van der Waals surface area contributed by atoms with E-state index in [0.717, 1.165) is 11.6 Å². The van der Waals surface area contributed by atoms with Crippen molar-refractivity contribution in [1.82, 2.24) is 9.97 Å². The zero-order valence-electron chi connectivity index (χ0n) is 9.83. The quantitative estimate of drug-likeness (QED) is 0.696. The van der Waals surface area contributed by atoms with Crippen molar-refractivity contribution in [2.45, 2.75) is 38.3 Å². The number of nitrogens with one attached hydrogen (secondary N) is 2. The van der Waals surface area contributed by atoms with Crippen LogP contribution in [0.2, 0.25) is 0 Å². The molecule has 5 nitrogen and oxygen atoms in total. The molecule has 0 spiro atoms. The molecule has 1 aliphatic carbocycles. The lowest BCUT2D eigenvalue weighted by molar-refractivity contribution is 0.577. The van der Waals surface area contributed by atoms with Crippen molar-refractivity contribution in [2.24, 2.45) is 5.73 Å². The van der Waals surface area contributed by atoms with Crippen molar-refractivity contribution in [2.75, 3.05) is 17.2 Å². The summed E-state index contributed by atoms with van der Waals surface area (Å²) in [5, 5.41) is 6.62. The molecule has 0 amide bonds. The van der Waals surface area contributed by atoms with Gasteiger partial charge in [0.25, 0.3) is 0 Å². The fourth-order valence-corrected chi connectivity index (χ4v) is 1.34. The Bertz CT molecular complexity index is 359. The number of anilines is 2. The molecule has 1 saturated carbocycles. The largest absolute Gasteiger partial charge is 0.367 e. The van der Waals surface area contributed by atoms with E-state index in [1.807, 2.05) is 19.9 Å². The molecule has 1 fully saturated rings. The van der Waals surface area contributed by atoms with Gasteiger partial charge in [0, 0.05) is 24.2 Å². The van der Waals surface area contributed by atoms with Crippen molar-refractivity contribution in [1.29, 1.82) is 0 Å². The van der Waals surface area contributed by atoms with Gasteiger partial charge in [0.2, 0.25) is 0 Å². The first-order valence-electron chi connectivity index (χ1n) is 5.66. The first-order chi connectivity index (χ1) is 7.59. The Kier molecular flexibility index (Phi) is 2.96. The van der Waals surface area contributed by atoms with Crippen LogP contribution in [0.3, 0.4) is 0 Å². The van der Waals surface area contributed by atoms with E-state index in [9.17, 15) is 0 Å². The van der Waals surface area contributed by atoms with Gasteiger partial charge in [0.1, 0.15) is 18.0 Å². The molecule has 0 bridgehead atoms. The molecule has 5 heteroatoms. The van der Waals surface area contributed by atoms with Gasteiger partial charge >= 0.3 is 0 Å². The van der Waals surface area contributed by atoms with Crippen LogP contribution < -0.4 is 16.4 Å². The van der Waals surface area contributed by atoms with Crippen molar-refractivity contribution >= 4 is 11.6 Å². The van der Waals surface area contributed by atoms with Crippen LogP contribution in [0.25, 0.3) is 0 Å². The monoisotopic (exact) mass is 221 g/mol. The SMILES string of the molecule is CC(C)(CN)Nc1cc(NC2CC2)ncn1.